The van der Waals surface area contributed by atoms with Crippen molar-refractivity contribution in [2.45, 2.75) is 32.4 Å². The van der Waals surface area contributed by atoms with Crippen LogP contribution in [-0.2, 0) is 6.42 Å². The molecule has 0 aliphatic rings. The van der Waals surface area contributed by atoms with Crippen molar-refractivity contribution in [2.24, 2.45) is 0 Å². The highest BCUT2D eigenvalue weighted by molar-refractivity contribution is 5.03. The fourth-order valence-corrected chi connectivity index (χ4v) is 1.95. The first kappa shape index (κ1) is 15.1. The van der Waals surface area contributed by atoms with Crippen LogP contribution in [0, 0.1) is 0 Å². The molecule has 4 nitrogen and oxygen atoms in total. The van der Waals surface area contributed by atoms with Gasteiger partial charge in [0.15, 0.2) is 0 Å². The van der Waals surface area contributed by atoms with E-state index < -0.39 is 0 Å². The second-order valence-electron chi connectivity index (χ2n) is 5.03. The van der Waals surface area contributed by atoms with Crippen LogP contribution in [0.3, 0.4) is 0 Å². The van der Waals surface area contributed by atoms with Crippen molar-refractivity contribution < 1.29 is 5.11 Å². The predicted octanol–water partition coefficient (Wildman–Crippen LogP) is 0.915. The summed E-state index contributed by atoms with van der Waals surface area (Å²) < 4.78 is 0. The summed E-state index contributed by atoms with van der Waals surface area (Å²) in [5.41, 5.74) is 1.11. The maximum absolute atomic E-state index is 9.31. The monoisotopic (exact) mass is 251 g/mol. The number of aromatic nitrogens is 1. The Bertz CT molecular complexity index is 316. The molecule has 1 aromatic rings. The number of hydrogen-bond acceptors (Lipinski definition) is 4. The van der Waals surface area contributed by atoms with E-state index in [4.69, 9.17) is 0 Å². The standard InChI is InChI=1S/C14H25N3O/c1-12(2)16-14(11-18)10-17(3)9-7-13-6-4-5-8-15-13/h4-6,8,12,14,16,18H,7,9-11H2,1-3H3. The first-order chi connectivity index (χ1) is 8.61. The SMILES string of the molecule is CC(C)NC(CO)CN(C)CCc1ccccn1. The zero-order valence-electron chi connectivity index (χ0n) is 11.6. The molecule has 1 aromatic heterocycles. The topological polar surface area (TPSA) is 48.4 Å². The van der Waals surface area contributed by atoms with Crippen LogP contribution in [0.4, 0.5) is 0 Å². The van der Waals surface area contributed by atoms with Gasteiger partial charge < -0.3 is 15.3 Å². The molecule has 1 atom stereocenters. The maximum Gasteiger partial charge on any atom is 0.0597 e. The van der Waals surface area contributed by atoms with Crippen molar-refractivity contribution in [3.05, 3.63) is 30.1 Å². The van der Waals surface area contributed by atoms with Gasteiger partial charge in [0.25, 0.3) is 0 Å². The van der Waals surface area contributed by atoms with E-state index in [-0.39, 0.29) is 12.6 Å². The molecular weight excluding hydrogens is 226 g/mol. The molecule has 4 heteroatoms. The van der Waals surface area contributed by atoms with Gasteiger partial charge in [-0.25, -0.2) is 0 Å². The minimum atomic E-state index is 0.138. The van der Waals surface area contributed by atoms with Crippen LogP contribution in [0.1, 0.15) is 19.5 Å². The third-order valence-corrected chi connectivity index (χ3v) is 2.80. The summed E-state index contributed by atoms with van der Waals surface area (Å²) >= 11 is 0. The Morgan fingerprint density at radius 2 is 2.17 bits per heavy atom. The smallest absolute Gasteiger partial charge is 0.0597 e. The molecule has 1 rings (SSSR count). The predicted molar refractivity (Wildman–Crippen MR) is 74.6 cm³/mol. The van der Waals surface area contributed by atoms with E-state index in [1.807, 2.05) is 24.4 Å². The van der Waals surface area contributed by atoms with Gasteiger partial charge in [0.2, 0.25) is 0 Å². The highest BCUT2D eigenvalue weighted by atomic mass is 16.3. The number of hydrogen-bond donors (Lipinski definition) is 2. The summed E-state index contributed by atoms with van der Waals surface area (Å²) in [5, 5.41) is 12.7. The Hall–Kier alpha value is -0.970. The number of rotatable bonds is 8. The Balaban J connectivity index is 2.30. The third-order valence-electron chi connectivity index (χ3n) is 2.80. The highest BCUT2D eigenvalue weighted by Gasteiger charge is 2.11. The Labute approximate surface area is 110 Å². The number of aliphatic hydroxyl groups excluding tert-OH is 1. The lowest BCUT2D eigenvalue weighted by atomic mass is 10.2. The molecule has 0 saturated heterocycles. The first-order valence-electron chi connectivity index (χ1n) is 6.57. The second-order valence-corrected chi connectivity index (χ2v) is 5.03. The average Bonchev–Trinajstić information content (AvgIpc) is 2.36. The lowest BCUT2D eigenvalue weighted by Gasteiger charge is -2.25. The van der Waals surface area contributed by atoms with Gasteiger partial charge in [0, 0.05) is 43.5 Å². The molecule has 18 heavy (non-hydrogen) atoms. The molecule has 0 amide bonds. The number of pyridine rings is 1. The molecule has 2 N–H and O–H groups in total. The second kappa shape index (κ2) is 8.19. The van der Waals surface area contributed by atoms with Gasteiger partial charge in [0.05, 0.1) is 6.61 Å². The van der Waals surface area contributed by atoms with E-state index in [1.165, 1.54) is 0 Å². The zero-order chi connectivity index (χ0) is 13.4. The number of nitrogens with zero attached hydrogens (tertiary/aromatic N) is 2. The van der Waals surface area contributed by atoms with Crippen LogP contribution in [0.2, 0.25) is 0 Å². The van der Waals surface area contributed by atoms with Gasteiger partial charge in [-0.05, 0) is 19.2 Å². The minimum absolute atomic E-state index is 0.138. The van der Waals surface area contributed by atoms with Crippen LogP contribution >= 0.6 is 0 Å². The lowest BCUT2D eigenvalue weighted by Crippen LogP contribution is -2.45. The van der Waals surface area contributed by atoms with Gasteiger partial charge >= 0.3 is 0 Å². The molecule has 0 radical (unpaired) electrons. The van der Waals surface area contributed by atoms with Crippen molar-refractivity contribution in [3.8, 4) is 0 Å². The van der Waals surface area contributed by atoms with E-state index >= 15 is 0 Å². The summed E-state index contributed by atoms with van der Waals surface area (Å²) in [6, 6.07) is 6.52. The molecule has 0 fully saturated rings. The summed E-state index contributed by atoms with van der Waals surface area (Å²) in [6.07, 6.45) is 2.77. The molecule has 1 unspecified atom stereocenters. The molecule has 0 aromatic carbocycles. The highest BCUT2D eigenvalue weighted by Crippen LogP contribution is 1.98. The van der Waals surface area contributed by atoms with E-state index in [0.29, 0.717) is 6.04 Å². The van der Waals surface area contributed by atoms with Crippen molar-refractivity contribution in [1.29, 1.82) is 0 Å². The molecule has 0 aliphatic heterocycles. The molecule has 0 spiro atoms. The quantitative estimate of drug-likeness (QED) is 0.721. The molecular formula is C14H25N3O. The Morgan fingerprint density at radius 3 is 2.72 bits per heavy atom. The van der Waals surface area contributed by atoms with Gasteiger partial charge in [-0.15, -0.1) is 0 Å². The average molecular weight is 251 g/mol. The Morgan fingerprint density at radius 1 is 1.39 bits per heavy atom. The van der Waals surface area contributed by atoms with Crippen LogP contribution in [0.15, 0.2) is 24.4 Å². The van der Waals surface area contributed by atoms with Crippen LogP contribution in [0.5, 0.6) is 0 Å². The van der Waals surface area contributed by atoms with Crippen molar-refractivity contribution in [1.82, 2.24) is 15.2 Å². The fourth-order valence-electron chi connectivity index (χ4n) is 1.95. The maximum atomic E-state index is 9.31. The number of nitrogens with one attached hydrogen (secondary N) is 1. The van der Waals surface area contributed by atoms with Crippen molar-refractivity contribution in [2.75, 3.05) is 26.7 Å². The van der Waals surface area contributed by atoms with Crippen LogP contribution < -0.4 is 5.32 Å². The number of likely N-dealkylation sites (N-methyl/N-ethyl adjacent to an activating group) is 1. The first-order valence-corrected chi connectivity index (χ1v) is 6.57. The summed E-state index contributed by atoms with van der Waals surface area (Å²) in [6.45, 7) is 6.16. The number of aliphatic hydroxyl groups is 1. The van der Waals surface area contributed by atoms with Gasteiger partial charge in [-0.2, -0.15) is 0 Å². The van der Waals surface area contributed by atoms with Crippen LogP contribution in [-0.4, -0.2) is 53.8 Å². The van der Waals surface area contributed by atoms with E-state index in [9.17, 15) is 5.11 Å². The van der Waals surface area contributed by atoms with Crippen molar-refractivity contribution in [3.63, 3.8) is 0 Å². The minimum Gasteiger partial charge on any atom is -0.395 e. The Kier molecular flexibility index (Phi) is 6.86. The summed E-state index contributed by atoms with van der Waals surface area (Å²) in [5.74, 6) is 0. The zero-order valence-corrected chi connectivity index (χ0v) is 11.6. The fraction of sp³-hybridized carbons (Fsp3) is 0.643. The molecule has 1 heterocycles. The summed E-state index contributed by atoms with van der Waals surface area (Å²) in [4.78, 5) is 6.53. The molecule has 0 aliphatic carbocycles. The van der Waals surface area contributed by atoms with Gasteiger partial charge in [-0.1, -0.05) is 19.9 Å². The lowest BCUT2D eigenvalue weighted by molar-refractivity contribution is 0.193. The van der Waals surface area contributed by atoms with E-state index in [2.05, 4.69) is 36.1 Å². The largest absolute Gasteiger partial charge is 0.395 e. The molecule has 0 bridgehead atoms. The van der Waals surface area contributed by atoms with Crippen molar-refractivity contribution >= 4 is 0 Å². The van der Waals surface area contributed by atoms with E-state index in [0.717, 1.165) is 25.2 Å². The van der Waals surface area contributed by atoms with Crippen LogP contribution in [0.25, 0.3) is 0 Å². The van der Waals surface area contributed by atoms with E-state index in [1.54, 1.807) is 0 Å². The normalized spacial score (nSPS) is 13.2. The molecule has 0 saturated carbocycles. The van der Waals surface area contributed by atoms with Gasteiger partial charge in [-0.3, -0.25) is 4.98 Å². The third kappa shape index (κ3) is 6.10. The van der Waals surface area contributed by atoms with Gasteiger partial charge in [0.1, 0.15) is 0 Å². The molecule has 102 valence electrons. The summed E-state index contributed by atoms with van der Waals surface area (Å²) in [7, 11) is 2.08.